The number of rotatable bonds is 26. The summed E-state index contributed by atoms with van der Waals surface area (Å²) < 4.78 is 56.1. The van der Waals surface area contributed by atoms with Crippen molar-refractivity contribution in [2.75, 3.05) is 38.2 Å². The van der Waals surface area contributed by atoms with Crippen molar-refractivity contribution in [2.24, 2.45) is 0 Å². The Hall–Kier alpha value is -7.05. The molecule has 18 nitrogen and oxygen atoms in total. The van der Waals surface area contributed by atoms with Crippen molar-refractivity contribution in [1.29, 1.82) is 5.26 Å². The number of hydrogen-bond acceptors (Lipinski definition) is 20. The molecule has 12 rings (SSSR count). The zero-order valence-electron chi connectivity index (χ0n) is 51.3. The molecule has 8 atom stereocenters. The second kappa shape index (κ2) is 30.1. The van der Waals surface area contributed by atoms with E-state index in [9.17, 15) is 10.4 Å². The fourth-order valence-corrected chi connectivity index (χ4v) is 13.1. The highest BCUT2D eigenvalue weighted by molar-refractivity contribution is 7.99. The molecule has 2 fully saturated rings. The molecule has 2 unspecified atom stereocenters. The molecule has 6 aromatic carbocycles. The molecule has 22 heteroatoms. The number of imidazole rings is 2. The lowest BCUT2D eigenvalue weighted by molar-refractivity contribution is -0.294. The van der Waals surface area contributed by atoms with Crippen LogP contribution in [0, 0.1) is 11.3 Å². The molecular weight excluding hydrogens is 1230 g/mol. The molecule has 10 aromatic rings. The number of aromatic nitrogens is 8. The molecule has 2 saturated heterocycles. The molecule has 0 aliphatic carbocycles. The standard InChI is InChI=1S/C35H35N5O4S2.C34H36N4O5S2/c1-34(43-22-27-17-11-6-12-18-27)30(42-21-26-15-9-5-10-16-26)28(23-41-20-25-13-7-4-8-14-25)44-35(34,24-36)29-19-37-31-32(45-2)38-33(46-3)39-40(29)31;1-33(42-22-26-17-11-6-12-18-26)29(41-21-25-15-9-5-10-16-25)27(23-40-20-24-13-7-4-8-14-24)43-34(33,39)28-19-35-30-31(44-2)36-32(45-3)37-38(28)30/h4-19,28,30H,20-23H2,1-3H3;4-19,27,29,39H,20-23H2,1-3H3/t28-,30-,34-,35?;27-,29-,33-,34?/m11/s1. The first-order valence-corrected chi connectivity index (χ1v) is 34.4. The third kappa shape index (κ3) is 14.2. The lowest BCUT2D eigenvalue weighted by atomic mass is 9.79. The van der Waals surface area contributed by atoms with Crippen LogP contribution in [0.2, 0.25) is 0 Å². The maximum atomic E-state index is 12.8. The first-order valence-electron chi connectivity index (χ1n) is 29.5. The molecular formula is C69H71N9O9S4. The summed E-state index contributed by atoms with van der Waals surface area (Å²) in [7, 11) is 0. The van der Waals surface area contributed by atoms with Gasteiger partial charge in [0.1, 0.15) is 57.5 Å². The molecule has 0 saturated carbocycles. The number of fused-ring (bicyclic) bond motifs is 2. The third-order valence-electron chi connectivity index (χ3n) is 16.1. The Morgan fingerprint density at radius 1 is 0.473 bits per heavy atom. The predicted octanol–water partition coefficient (Wildman–Crippen LogP) is 12.4. The van der Waals surface area contributed by atoms with Crippen LogP contribution in [-0.2, 0) is 88.9 Å². The number of benzene rings is 6. The molecule has 1 N–H and O–H groups in total. The Kier molecular flexibility index (Phi) is 21.7. The van der Waals surface area contributed by atoms with E-state index >= 15 is 0 Å². The van der Waals surface area contributed by atoms with Gasteiger partial charge in [0.05, 0.1) is 65.2 Å². The quantitative estimate of drug-likeness (QED) is 0.0501. The van der Waals surface area contributed by atoms with Crippen LogP contribution in [0.4, 0.5) is 0 Å². The van der Waals surface area contributed by atoms with Crippen LogP contribution >= 0.6 is 47.0 Å². The van der Waals surface area contributed by atoms with Crippen molar-refractivity contribution in [1.82, 2.24) is 39.2 Å². The fourth-order valence-electron chi connectivity index (χ4n) is 11.3. The average molecular weight is 1300 g/mol. The highest BCUT2D eigenvalue weighted by atomic mass is 32.2. The van der Waals surface area contributed by atoms with Gasteiger partial charge in [-0.2, -0.15) is 5.26 Å². The summed E-state index contributed by atoms with van der Waals surface area (Å²) in [6.07, 6.45) is 8.10. The van der Waals surface area contributed by atoms with Crippen LogP contribution in [0.15, 0.2) is 215 Å². The van der Waals surface area contributed by atoms with Gasteiger partial charge in [-0.25, -0.2) is 29.0 Å². The second-order valence-electron chi connectivity index (χ2n) is 21.9. The van der Waals surface area contributed by atoms with Crippen molar-refractivity contribution >= 4 is 58.3 Å². The number of nitriles is 1. The van der Waals surface area contributed by atoms with Crippen LogP contribution in [0.25, 0.3) is 11.3 Å². The normalized spacial score (nSPS) is 22.9. The number of thioether (sulfide) groups is 4. The zero-order chi connectivity index (χ0) is 63.3. The van der Waals surface area contributed by atoms with Crippen LogP contribution in [0.3, 0.4) is 0 Å². The minimum Gasteiger partial charge on any atom is -0.374 e. The minimum absolute atomic E-state index is 0.152. The van der Waals surface area contributed by atoms with E-state index in [2.05, 4.69) is 26.0 Å². The molecule has 6 heterocycles. The summed E-state index contributed by atoms with van der Waals surface area (Å²) in [5.41, 5.74) is 3.33. The number of aliphatic hydroxyl groups is 1. The predicted molar refractivity (Wildman–Crippen MR) is 351 cm³/mol. The van der Waals surface area contributed by atoms with E-state index in [4.69, 9.17) is 48.1 Å². The topological polar surface area (TPSA) is 204 Å². The van der Waals surface area contributed by atoms with E-state index in [1.807, 2.05) is 221 Å². The van der Waals surface area contributed by atoms with Gasteiger partial charge in [0.15, 0.2) is 16.9 Å². The summed E-state index contributed by atoms with van der Waals surface area (Å²) in [5.74, 6) is -2.02. The molecule has 2 aliphatic rings. The first-order chi connectivity index (χ1) is 44.5. The maximum Gasteiger partial charge on any atom is 0.244 e. The van der Waals surface area contributed by atoms with Crippen molar-refractivity contribution < 1.29 is 43.0 Å². The van der Waals surface area contributed by atoms with Gasteiger partial charge in [-0.05, 0) is 72.3 Å². The van der Waals surface area contributed by atoms with Gasteiger partial charge in [-0.1, -0.05) is 206 Å². The van der Waals surface area contributed by atoms with Crippen LogP contribution in [0.1, 0.15) is 58.6 Å². The van der Waals surface area contributed by atoms with E-state index in [0.717, 1.165) is 33.4 Å². The van der Waals surface area contributed by atoms with Gasteiger partial charge in [-0.15, -0.1) is 33.7 Å². The van der Waals surface area contributed by atoms with Crippen molar-refractivity contribution in [3.63, 3.8) is 0 Å². The Morgan fingerprint density at radius 3 is 1.22 bits per heavy atom. The highest BCUT2D eigenvalue weighted by Gasteiger charge is 2.69. The number of ether oxygens (including phenoxy) is 8. The number of hydrogen-bond donors (Lipinski definition) is 1. The van der Waals surface area contributed by atoms with Crippen molar-refractivity contribution in [2.45, 2.75) is 121 Å². The Morgan fingerprint density at radius 2 is 0.824 bits per heavy atom. The summed E-state index contributed by atoms with van der Waals surface area (Å²) in [6.45, 7) is 5.80. The zero-order valence-corrected chi connectivity index (χ0v) is 54.6. The fraction of sp³-hybridized carbons (Fsp3) is 0.319. The number of nitrogens with zero attached hydrogens (tertiary/aromatic N) is 9. The van der Waals surface area contributed by atoms with E-state index in [-0.39, 0.29) is 33.0 Å². The first kappa shape index (κ1) is 65.4. The lowest BCUT2D eigenvalue weighted by Crippen LogP contribution is -2.55. The summed E-state index contributed by atoms with van der Waals surface area (Å²) in [6, 6.07) is 61.9. The Bertz CT molecular complexity index is 4000. The smallest absolute Gasteiger partial charge is 0.244 e. The van der Waals surface area contributed by atoms with Crippen molar-refractivity contribution in [3.05, 3.63) is 239 Å². The summed E-state index contributed by atoms with van der Waals surface area (Å²) in [5, 5.41) is 36.0. The van der Waals surface area contributed by atoms with Gasteiger partial charge < -0.3 is 43.0 Å². The molecule has 470 valence electrons. The Labute approximate surface area is 546 Å². The third-order valence-corrected chi connectivity index (χ3v) is 18.5. The molecule has 0 bridgehead atoms. The van der Waals surface area contributed by atoms with E-state index < -0.39 is 47.0 Å². The van der Waals surface area contributed by atoms with Crippen LogP contribution in [0.5, 0.6) is 0 Å². The SMILES string of the molecule is CSc1nc(SC)c2ncc(C3(C#N)O[C@H](COCc4ccccc4)[C@@H](OCc4ccccc4)[C@@]3(C)OCc3ccccc3)n2n1.CSc1nc(SC)c2ncc(C3(O)O[C@H](COCc4ccccc4)[C@@H](OCc4ccccc4)[C@@]3(C)OCc3ccccc3)n2n1. The van der Waals surface area contributed by atoms with E-state index in [1.54, 1.807) is 21.4 Å². The highest BCUT2D eigenvalue weighted by Crippen LogP contribution is 2.52. The van der Waals surface area contributed by atoms with Gasteiger partial charge in [0, 0.05) is 0 Å². The molecule has 2 aliphatic heterocycles. The average Bonchev–Trinajstić information content (AvgIpc) is 1.61. The molecule has 0 radical (unpaired) electrons. The molecule has 4 aromatic heterocycles. The molecule has 0 spiro atoms. The molecule has 0 amide bonds. The summed E-state index contributed by atoms with van der Waals surface area (Å²) >= 11 is 5.75. The summed E-state index contributed by atoms with van der Waals surface area (Å²) in [4.78, 5) is 18.5. The van der Waals surface area contributed by atoms with E-state index in [1.165, 1.54) is 47.0 Å². The van der Waals surface area contributed by atoms with E-state index in [0.29, 0.717) is 62.9 Å². The minimum atomic E-state index is -2.02. The maximum absolute atomic E-state index is 12.8. The largest absolute Gasteiger partial charge is 0.374 e. The van der Waals surface area contributed by atoms with Gasteiger partial charge >= 0.3 is 0 Å². The van der Waals surface area contributed by atoms with Gasteiger partial charge in [-0.3, -0.25) is 0 Å². The van der Waals surface area contributed by atoms with Gasteiger partial charge in [0.25, 0.3) is 0 Å². The van der Waals surface area contributed by atoms with Crippen molar-refractivity contribution in [3.8, 4) is 6.07 Å². The Balaban J connectivity index is 0.000000187. The van der Waals surface area contributed by atoms with Crippen LogP contribution in [-0.4, -0.2) is 118 Å². The molecule has 91 heavy (non-hydrogen) atoms. The second-order valence-corrected chi connectivity index (χ2v) is 25.1. The monoisotopic (exact) mass is 1300 g/mol. The van der Waals surface area contributed by atoms with Gasteiger partial charge in [0.2, 0.25) is 21.7 Å². The lowest BCUT2D eigenvalue weighted by Gasteiger charge is -2.39. The van der Waals surface area contributed by atoms with Crippen LogP contribution < -0.4 is 0 Å².